The van der Waals surface area contributed by atoms with Gasteiger partial charge >= 0.3 is 11.9 Å². The predicted octanol–water partition coefficient (Wildman–Crippen LogP) is 3.66. The van der Waals surface area contributed by atoms with E-state index in [0.717, 1.165) is 23.6 Å². The highest BCUT2D eigenvalue weighted by molar-refractivity contribution is 6.32. The summed E-state index contributed by atoms with van der Waals surface area (Å²) in [5.74, 6) is 2.23. The van der Waals surface area contributed by atoms with Gasteiger partial charge in [0.15, 0.2) is 12.2 Å². The Morgan fingerprint density at radius 2 is 1.16 bits per heavy atom. The fourth-order valence-corrected chi connectivity index (χ4v) is 3.17. The first-order valence-corrected chi connectivity index (χ1v) is 9.60. The molecule has 0 aliphatic carbocycles. The van der Waals surface area contributed by atoms with Gasteiger partial charge in [0.25, 0.3) is 0 Å². The molecule has 3 aromatic rings. The van der Waals surface area contributed by atoms with Crippen molar-refractivity contribution in [2.75, 3.05) is 6.61 Å². The maximum atomic E-state index is 12.8. The highest BCUT2D eigenvalue weighted by Gasteiger charge is 2.40. The number of hydrogen-bond acceptors (Lipinski definition) is 5. The lowest BCUT2D eigenvalue weighted by atomic mass is 9.80. The Bertz CT molecular complexity index is 1010. The van der Waals surface area contributed by atoms with Crippen LogP contribution in [0.15, 0.2) is 91.0 Å². The summed E-state index contributed by atoms with van der Waals surface area (Å²) in [4.78, 5) is 34.9. The summed E-state index contributed by atoms with van der Waals surface area (Å²) in [5.41, 5.74) is 1.03. The molecule has 0 amide bonds. The summed E-state index contributed by atoms with van der Waals surface area (Å²) < 4.78 is 10.7. The molecule has 0 aliphatic heterocycles. The minimum Gasteiger partial charge on any atom is -0.447 e. The van der Waals surface area contributed by atoms with Crippen molar-refractivity contribution in [2.24, 2.45) is 0 Å². The number of ketones is 1. The third-order valence-corrected chi connectivity index (χ3v) is 4.54. The van der Waals surface area contributed by atoms with Crippen LogP contribution in [0.1, 0.15) is 23.6 Å². The van der Waals surface area contributed by atoms with Crippen LogP contribution in [0.2, 0.25) is 0 Å². The maximum Gasteiger partial charge on any atom is 0.386 e. The number of esters is 2. The number of hydrogen-bond donors (Lipinski definition) is 0. The van der Waals surface area contributed by atoms with Gasteiger partial charge in [0.1, 0.15) is 0 Å². The third-order valence-electron chi connectivity index (χ3n) is 4.54. The first-order valence-electron chi connectivity index (χ1n) is 9.60. The minimum atomic E-state index is -1.23. The van der Waals surface area contributed by atoms with E-state index in [2.05, 4.69) is 16.6 Å². The Labute approximate surface area is 180 Å². The largest absolute Gasteiger partial charge is 0.447 e. The van der Waals surface area contributed by atoms with Crippen molar-refractivity contribution in [3.63, 3.8) is 0 Å². The second-order valence-corrected chi connectivity index (χ2v) is 6.60. The van der Waals surface area contributed by atoms with Crippen molar-refractivity contribution >= 4 is 17.7 Å². The molecule has 5 nitrogen and oxygen atoms in total. The van der Waals surface area contributed by atoms with Crippen LogP contribution in [0, 0.1) is 11.8 Å². The van der Waals surface area contributed by atoms with E-state index in [-0.39, 0.29) is 6.61 Å². The van der Waals surface area contributed by atoms with Gasteiger partial charge in [0, 0.05) is 29.5 Å². The second-order valence-electron chi connectivity index (χ2n) is 6.60. The van der Waals surface area contributed by atoms with Crippen LogP contribution in [0.3, 0.4) is 0 Å². The molecular formula is C26H20O5. The van der Waals surface area contributed by atoms with E-state index in [0.29, 0.717) is 0 Å². The summed E-state index contributed by atoms with van der Waals surface area (Å²) in [6.07, 6.45) is 0. The van der Waals surface area contributed by atoms with Crippen LogP contribution in [0.5, 0.6) is 0 Å². The monoisotopic (exact) mass is 412 g/mol. The number of carbonyl (C=O) groups is 3. The standard InChI is InChI=1S/C26H20O5/c1-20(27)25(29)30-19-11-18-24(28)31-26(21-12-5-2-6-13-21,22-14-7-3-8-15-22)23-16-9-4-10-17-23/h2-10,12-17H,19H2,1H3. The molecule has 0 bridgehead atoms. The molecule has 0 spiro atoms. The summed E-state index contributed by atoms with van der Waals surface area (Å²) in [7, 11) is 0. The molecule has 0 atom stereocenters. The topological polar surface area (TPSA) is 69.7 Å². The van der Waals surface area contributed by atoms with E-state index in [4.69, 9.17) is 4.74 Å². The van der Waals surface area contributed by atoms with E-state index in [9.17, 15) is 14.4 Å². The smallest absolute Gasteiger partial charge is 0.386 e. The normalized spacial score (nSPS) is 10.4. The van der Waals surface area contributed by atoms with Crippen LogP contribution >= 0.6 is 0 Å². The number of ether oxygens (including phenoxy) is 2. The van der Waals surface area contributed by atoms with E-state index < -0.39 is 23.3 Å². The molecule has 0 heterocycles. The van der Waals surface area contributed by atoms with E-state index in [1.807, 2.05) is 91.0 Å². The number of carbonyl (C=O) groups excluding carboxylic acids is 3. The number of benzene rings is 3. The van der Waals surface area contributed by atoms with Crippen LogP contribution in [0.4, 0.5) is 0 Å². The van der Waals surface area contributed by atoms with Crippen molar-refractivity contribution in [1.82, 2.24) is 0 Å². The van der Waals surface area contributed by atoms with Crippen molar-refractivity contribution < 1.29 is 23.9 Å². The molecule has 0 N–H and O–H groups in total. The van der Waals surface area contributed by atoms with Crippen LogP contribution in [0.25, 0.3) is 0 Å². The molecule has 0 saturated carbocycles. The average molecular weight is 412 g/mol. The molecule has 0 fully saturated rings. The van der Waals surface area contributed by atoms with Crippen molar-refractivity contribution in [1.29, 1.82) is 0 Å². The average Bonchev–Trinajstić information content (AvgIpc) is 2.82. The zero-order chi connectivity index (χ0) is 22.1. The Kier molecular flexibility index (Phi) is 6.97. The highest BCUT2D eigenvalue weighted by atomic mass is 16.6. The van der Waals surface area contributed by atoms with Gasteiger partial charge in [-0.25, -0.2) is 9.59 Å². The second kappa shape index (κ2) is 10.0. The zero-order valence-electron chi connectivity index (χ0n) is 16.9. The van der Waals surface area contributed by atoms with E-state index >= 15 is 0 Å². The molecular weight excluding hydrogens is 392 g/mol. The zero-order valence-corrected chi connectivity index (χ0v) is 16.9. The van der Waals surface area contributed by atoms with Crippen molar-refractivity contribution in [3.8, 4) is 11.8 Å². The summed E-state index contributed by atoms with van der Waals surface area (Å²) in [5, 5.41) is 0. The molecule has 0 aliphatic rings. The van der Waals surface area contributed by atoms with Crippen molar-refractivity contribution in [3.05, 3.63) is 108 Å². The summed E-state index contributed by atoms with van der Waals surface area (Å²) >= 11 is 0. The molecule has 0 aromatic heterocycles. The van der Waals surface area contributed by atoms with Crippen LogP contribution < -0.4 is 0 Å². The summed E-state index contributed by atoms with van der Waals surface area (Å²) in [6.45, 7) is 0.709. The fourth-order valence-electron chi connectivity index (χ4n) is 3.17. The first-order chi connectivity index (χ1) is 15.0. The molecule has 5 heteroatoms. The lowest BCUT2D eigenvalue weighted by Gasteiger charge is -2.34. The Hall–Kier alpha value is -4.17. The van der Waals surface area contributed by atoms with Gasteiger partial charge < -0.3 is 9.47 Å². The third kappa shape index (κ3) is 5.06. The highest BCUT2D eigenvalue weighted by Crippen LogP contribution is 2.40. The fraction of sp³-hybridized carbons (Fsp3) is 0.115. The Morgan fingerprint density at radius 3 is 1.55 bits per heavy atom. The lowest BCUT2D eigenvalue weighted by molar-refractivity contribution is -0.151. The molecule has 3 aromatic carbocycles. The maximum absolute atomic E-state index is 12.8. The predicted molar refractivity (Wildman–Crippen MR) is 115 cm³/mol. The van der Waals surface area contributed by atoms with Gasteiger partial charge in [-0.3, -0.25) is 4.79 Å². The summed E-state index contributed by atoms with van der Waals surface area (Å²) in [6, 6.07) is 28.2. The molecule has 0 saturated heterocycles. The van der Waals surface area contributed by atoms with Gasteiger partial charge in [0.2, 0.25) is 5.78 Å². The number of Topliss-reactive ketones (excluding diaryl/α,β-unsaturated/α-hetero) is 1. The quantitative estimate of drug-likeness (QED) is 0.203. The van der Waals surface area contributed by atoms with Gasteiger partial charge in [-0.1, -0.05) is 91.0 Å². The Morgan fingerprint density at radius 1 is 0.742 bits per heavy atom. The van der Waals surface area contributed by atoms with Crippen LogP contribution in [-0.4, -0.2) is 24.3 Å². The van der Waals surface area contributed by atoms with Crippen molar-refractivity contribution in [2.45, 2.75) is 12.5 Å². The first kappa shape index (κ1) is 21.5. The molecule has 154 valence electrons. The van der Waals surface area contributed by atoms with Gasteiger partial charge in [-0.15, -0.1) is 0 Å². The molecule has 3 rings (SSSR count). The number of rotatable bonds is 6. The van der Waals surface area contributed by atoms with Gasteiger partial charge in [-0.05, 0) is 5.92 Å². The van der Waals surface area contributed by atoms with Gasteiger partial charge in [-0.2, -0.15) is 0 Å². The molecule has 0 radical (unpaired) electrons. The lowest BCUT2D eigenvalue weighted by Crippen LogP contribution is -2.35. The molecule has 31 heavy (non-hydrogen) atoms. The Balaban J connectivity index is 2.02. The SMILES string of the molecule is CC(=O)C(=O)OCC#CC(=O)OC(c1ccccc1)(c1ccccc1)c1ccccc1. The molecule has 0 unspecified atom stereocenters. The van der Waals surface area contributed by atoms with Crippen LogP contribution in [-0.2, 0) is 29.5 Å². The van der Waals surface area contributed by atoms with Gasteiger partial charge in [0.05, 0.1) is 0 Å². The van der Waals surface area contributed by atoms with E-state index in [1.54, 1.807) is 0 Å². The van der Waals surface area contributed by atoms with E-state index in [1.165, 1.54) is 0 Å². The minimum absolute atomic E-state index is 0.386.